The van der Waals surface area contributed by atoms with Gasteiger partial charge in [0.05, 0.1) is 19.9 Å². The summed E-state index contributed by atoms with van der Waals surface area (Å²) < 4.78 is 6.53. The number of aromatic nitrogens is 3. The molecule has 25 heavy (non-hydrogen) atoms. The molecule has 1 saturated carbocycles. The second kappa shape index (κ2) is 7.46. The van der Waals surface area contributed by atoms with Crippen LogP contribution in [0.25, 0.3) is 0 Å². The minimum atomic E-state index is -0.951. The van der Waals surface area contributed by atoms with Crippen LogP contribution in [0.15, 0.2) is 36.5 Å². The average molecular weight is 342 g/mol. The number of esters is 1. The van der Waals surface area contributed by atoms with Gasteiger partial charge in [-0.05, 0) is 18.4 Å². The molecule has 0 bridgehead atoms. The molecule has 0 atom stereocenters. The molecular weight excluding hydrogens is 320 g/mol. The van der Waals surface area contributed by atoms with E-state index in [1.54, 1.807) is 10.9 Å². The summed E-state index contributed by atoms with van der Waals surface area (Å²) in [5.41, 5.74) is 0.315. The summed E-state index contributed by atoms with van der Waals surface area (Å²) in [6, 6.07) is 9.80. The fraction of sp³-hybridized carbons (Fsp3) is 0.444. The van der Waals surface area contributed by atoms with Gasteiger partial charge in [-0.3, -0.25) is 4.79 Å². The predicted octanol–water partition coefficient (Wildman–Crippen LogP) is 1.93. The summed E-state index contributed by atoms with van der Waals surface area (Å²) >= 11 is 0. The average Bonchev–Trinajstić information content (AvgIpc) is 3.11. The van der Waals surface area contributed by atoms with Gasteiger partial charge in [-0.2, -0.15) is 0 Å². The first-order chi connectivity index (χ1) is 12.1. The molecule has 0 saturated heterocycles. The third-order valence-corrected chi connectivity index (χ3v) is 4.59. The van der Waals surface area contributed by atoms with Gasteiger partial charge in [-0.15, -0.1) is 5.10 Å². The van der Waals surface area contributed by atoms with Crippen molar-refractivity contribution in [2.75, 3.05) is 7.11 Å². The highest BCUT2D eigenvalue weighted by Gasteiger charge is 2.42. The van der Waals surface area contributed by atoms with Gasteiger partial charge < -0.3 is 10.1 Å². The molecule has 7 heteroatoms. The number of benzene rings is 1. The number of hydrogen-bond donors (Lipinski definition) is 1. The van der Waals surface area contributed by atoms with Crippen molar-refractivity contribution in [3.63, 3.8) is 0 Å². The van der Waals surface area contributed by atoms with E-state index in [9.17, 15) is 9.59 Å². The highest BCUT2D eigenvalue weighted by Crippen LogP contribution is 2.29. The predicted molar refractivity (Wildman–Crippen MR) is 90.9 cm³/mol. The van der Waals surface area contributed by atoms with Gasteiger partial charge in [-0.25, -0.2) is 9.48 Å². The zero-order valence-electron chi connectivity index (χ0n) is 14.3. The van der Waals surface area contributed by atoms with Crippen LogP contribution in [0.4, 0.5) is 0 Å². The number of methoxy groups -OCH3 is 1. The quantitative estimate of drug-likeness (QED) is 0.839. The van der Waals surface area contributed by atoms with Crippen LogP contribution in [-0.2, 0) is 16.1 Å². The van der Waals surface area contributed by atoms with Crippen LogP contribution in [0.5, 0.6) is 0 Å². The van der Waals surface area contributed by atoms with Gasteiger partial charge >= 0.3 is 5.97 Å². The number of ether oxygens (including phenoxy) is 1. The van der Waals surface area contributed by atoms with E-state index in [2.05, 4.69) is 15.6 Å². The van der Waals surface area contributed by atoms with Gasteiger partial charge in [0.15, 0.2) is 5.69 Å². The number of nitrogens with zero attached hydrogens (tertiary/aromatic N) is 3. The molecule has 0 spiro atoms. The van der Waals surface area contributed by atoms with Crippen molar-refractivity contribution >= 4 is 11.9 Å². The lowest BCUT2D eigenvalue weighted by Crippen LogP contribution is -2.56. The first kappa shape index (κ1) is 17.1. The minimum Gasteiger partial charge on any atom is -0.467 e. The Bertz CT molecular complexity index is 736. The van der Waals surface area contributed by atoms with E-state index in [1.165, 1.54) is 7.11 Å². The Morgan fingerprint density at radius 1 is 1.20 bits per heavy atom. The van der Waals surface area contributed by atoms with Crippen LogP contribution < -0.4 is 5.32 Å². The molecule has 0 aliphatic heterocycles. The van der Waals surface area contributed by atoms with E-state index in [4.69, 9.17) is 4.74 Å². The molecule has 2 aromatic rings. The zero-order chi connectivity index (χ0) is 17.7. The Kier molecular flexibility index (Phi) is 5.11. The summed E-state index contributed by atoms with van der Waals surface area (Å²) in [6.45, 7) is 0.531. The molecule has 0 unspecified atom stereocenters. The second-order valence-corrected chi connectivity index (χ2v) is 6.38. The molecule has 1 N–H and O–H groups in total. The number of carbonyl (C=O) groups excluding carboxylic acids is 2. The highest BCUT2D eigenvalue weighted by atomic mass is 16.5. The Hall–Kier alpha value is -2.70. The molecular formula is C18H22N4O3. The van der Waals surface area contributed by atoms with Crippen molar-refractivity contribution in [3.8, 4) is 0 Å². The second-order valence-electron chi connectivity index (χ2n) is 6.38. The SMILES string of the molecule is COC(=O)C1(NC(=O)c2cn(Cc3ccccc3)nn2)CCCCC1. The van der Waals surface area contributed by atoms with Crippen LogP contribution in [0, 0.1) is 0 Å². The van der Waals surface area contributed by atoms with Crippen LogP contribution in [0.3, 0.4) is 0 Å². The van der Waals surface area contributed by atoms with Crippen molar-refractivity contribution in [2.45, 2.75) is 44.2 Å². The Morgan fingerprint density at radius 3 is 2.60 bits per heavy atom. The van der Waals surface area contributed by atoms with E-state index >= 15 is 0 Å². The Morgan fingerprint density at radius 2 is 1.92 bits per heavy atom. The van der Waals surface area contributed by atoms with Crippen molar-refractivity contribution in [3.05, 3.63) is 47.8 Å². The number of amides is 1. The van der Waals surface area contributed by atoms with Gasteiger partial charge in [-0.1, -0.05) is 54.8 Å². The summed E-state index contributed by atoms with van der Waals surface area (Å²) in [6.07, 6.45) is 5.59. The normalized spacial score (nSPS) is 16.2. The fourth-order valence-corrected chi connectivity index (χ4v) is 3.26. The maximum Gasteiger partial charge on any atom is 0.331 e. The largest absolute Gasteiger partial charge is 0.467 e. The molecule has 132 valence electrons. The van der Waals surface area contributed by atoms with Crippen LogP contribution in [0.1, 0.15) is 48.2 Å². The van der Waals surface area contributed by atoms with Crippen LogP contribution in [0.2, 0.25) is 0 Å². The molecule has 1 amide bonds. The maximum absolute atomic E-state index is 12.6. The third-order valence-electron chi connectivity index (χ3n) is 4.59. The van der Waals surface area contributed by atoms with E-state index in [-0.39, 0.29) is 5.69 Å². The van der Waals surface area contributed by atoms with Crippen molar-refractivity contribution in [2.24, 2.45) is 0 Å². The molecule has 1 heterocycles. The van der Waals surface area contributed by atoms with Gasteiger partial charge in [0.2, 0.25) is 0 Å². The molecule has 1 aromatic heterocycles. The van der Waals surface area contributed by atoms with E-state index in [0.717, 1.165) is 24.8 Å². The smallest absolute Gasteiger partial charge is 0.331 e. The molecule has 1 aromatic carbocycles. The van der Waals surface area contributed by atoms with E-state index < -0.39 is 17.4 Å². The van der Waals surface area contributed by atoms with E-state index in [1.807, 2.05) is 30.3 Å². The summed E-state index contributed by atoms with van der Waals surface area (Å²) in [5, 5.41) is 10.8. The topological polar surface area (TPSA) is 86.1 Å². The lowest BCUT2D eigenvalue weighted by Gasteiger charge is -2.34. The molecule has 1 fully saturated rings. The first-order valence-electron chi connectivity index (χ1n) is 8.48. The van der Waals surface area contributed by atoms with Gasteiger partial charge in [0.25, 0.3) is 5.91 Å². The molecule has 0 radical (unpaired) electrons. The number of rotatable bonds is 5. The molecule has 1 aliphatic rings. The molecule has 7 nitrogen and oxygen atoms in total. The molecule has 1 aliphatic carbocycles. The van der Waals surface area contributed by atoms with Gasteiger partial charge in [0.1, 0.15) is 5.54 Å². The van der Waals surface area contributed by atoms with E-state index in [0.29, 0.717) is 19.4 Å². The van der Waals surface area contributed by atoms with Crippen molar-refractivity contribution < 1.29 is 14.3 Å². The summed E-state index contributed by atoms with van der Waals surface area (Å²) in [4.78, 5) is 24.8. The number of nitrogens with one attached hydrogen (secondary N) is 1. The third kappa shape index (κ3) is 3.87. The fourth-order valence-electron chi connectivity index (χ4n) is 3.26. The summed E-state index contributed by atoms with van der Waals surface area (Å²) in [5.74, 6) is -0.788. The highest BCUT2D eigenvalue weighted by molar-refractivity contribution is 5.96. The zero-order valence-corrected chi connectivity index (χ0v) is 14.3. The number of hydrogen-bond acceptors (Lipinski definition) is 5. The van der Waals surface area contributed by atoms with Crippen LogP contribution in [-0.4, -0.2) is 39.5 Å². The Labute approximate surface area is 146 Å². The first-order valence-corrected chi connectivity index (χ1v) is 8.48. The Balaban J connectivity index is 1.71. The number of carbonyl (C=O) groups is 2. The van der Waals surface area contributed by atoms with Gasteiger partial charge in [0, 0.05) is 0 Å². The molecule has 3 rings (SSSR count). The van der Waals surface area contributed by atoms with Crippen molar-refractivity contribution in [1.29, 1.82) is 0 Å². The lowest BCUT2D eigenvalue weighted by molar-refractivity contribution is -0.149. The minimum absolute atomic E-state index is 0.199. The standard InChI is InChI=1S/C18H22N4O3/c1-25-17(24)18(10-6-3-7-11-18)19-16(23)15-13-22(21-20-15)12-14-8-4-2-5-9-14/h2,4-5,8-9,13H,3,6-7,10-12H2,1H3,(H,19,23). The lowest BCUT2D eigenvalue weighted by atomic mass is 9.81. The monoisotopic (exact) mass is 342 g/mol. The maximum atomic E-state index is 12.6. The summed E-state index contributed by atoms with van der Waals surface area (Å²) in [7, 11) is 1.35. The van der Waals surface area contributed by atoms with Crippen molar-refractivity contribution in [1.82, 2.24) is 20.3 Å². The van der Waals surface area contributed by atoms with Crippen LogP contribution >= 0.6 is 0 Å².